The molecule has 1 aromatic rings. The van der Waals surface area contributed by atoms with E-state index in [1.165, 1.54) is 0 Å². The molecule has 72 valence electrons. The van der Waals surface area contributed by atoms with E-state index in [0.29, 0.717) is 12.0 Å². The van der Waals surface area contributed by atoms with Crippen molar-refractivity contribution in [2.24, 2.45) is 0 Å². The van der Waals surface area contributed by atoms with Gasteiger partial charge in [0.1, 0.15) is 6.10 Å². The molecule has 0 saturated heterocycles. The van der Waals surface area contributed by atoms with Crippen LogP contribution in [0.15, 0.2) is 4.63 Å². The highest BCUT2D eigenvalue weighted by atomic mass is 16.6. The topological polar surface area (TPSA) is 48.2 Å². The zero-order valence-electron chi connectivity index (χ0n) is 8.20. The molecule has 1 fully saturated rings. The van der Waals surface area contributed by atoms with Crippen LogP contribution in [-0.4, -0.2) is 16.4 Å². The molecule has 0 radical (unpaired) electrons. The third-order valence-electron chi connectivity index (χ3n) is 1.97. The predicted octanol–water partition coefficient (Wildman–Crippen LogP) is 1.91. The molecule has 2 rings (SSSR count). The second kappa shape index (κ2) is 2.72. The lowest BCUT2D eigenvalue weighted by molar-refractivity contribution is 0.247. The summed E-state index contributed by atoms with van der Waals surface area (Å²) >= 11 is 0. The molecule has 0 spiro atoms. The number of aromatic nitrogens is 2. The van der Waals surface area contributed by atoms with Gasteiger partial charge in [-0.05, 0) is 18.0 Å². The second-order valence-electron chi connectivity index (χ2n) is 4.49. The van der Waals surface area contributed by atoms with Gasteiger partial charge in [0.05, 0.1) is 0 Å². The molecular formula is C9H14N2O2. The van der Waals surface area contributed by atoms with Crippen LogP contribution < -0.4 is 4.74 Å². The summed E-state index contributed by atoms with van der Waals surface area (Å²) in [5, 5.41) is 7.61. The van der Waals surface area contributed by atoms with Gasteiger partial charge in [0, 0.05) is 5.41 Å². The molecule has 0 aliphatic heterocycles. The zero-order chi connectivity index (χ0) is 9.47. The summed E-state index contributed by atoms with van der Waals surface area (Å²) in [6.07, 6.45) is 2.58. The molecule has 4 heteroatoms. The third-order valence-corrected chi connectivity index (χ3v) is 1.97. The number of hydrogen-bond acceptors (Lipinski definition) is 4. The summed E-state index contributed by atoms with van der Waals surface area (Å²) in [4.78, 5) is 0. The average molecular weight is 182 g/mol. The Morgan fingerprint density at radius 1 is 1.31 bits per heavy atom. The fourth-order valence-electron chi connectivity index (χ4n) is 1.06. The van der Waals surface area contributed by atoms with E-state index in [1.807, 2.05) is 0 Å². The lowest BCUT2D eigenvalue weighted by Gasteiger charge is -2.14. The SMILES string of the molecule is CC(C)(C)c1nonc1OC1CC1. The Bertz CT molecular complexity index is 297. The highest BCUT2D eigenvalue weighted by molar-refractivity contribution is 5.23. The van der Waals surface area contributed by atoms with Crippen LogP contribution in [0.2, 0.25) is 0 Å². The average Bonchev–Trinajstić information content (AvgIpc) is 2.63. The molecule has 1 aromatic heterocycles. The summed E-state index contributed by atoms with van der Waals surface area (Å²) in [7, 11) is 0. The summed E-state index contributed by atoms with van der Waals surface area (Å²) in [5.74, 6) is 0.565. The Balaban J connectivity index is 2.19. The van der Waals surface area contributed by atoms with Crippen molar-refractivity contribution in [1.82, 2.24) is 10.3 Å². The molecule has 1 saturated carbocycles. The van der Waals surface area contributed by atoms with E-state index in [1.54, 1.807) is 0 Å². The maximum atomic E-state index is 5.56. The van der Waals surface area contributed by atoms with Crippen molar-refractivity contribution >= 4 is 0 Å². The van der Waals surface area contributed by atoms with Gasteiger partial charge in [-0.3, -0.25) is 0 Å². The maximum Gasteiger partial charge on any atom is 0.279 e. The summed E-state index contributed by atoms with van der Waals surface area (Å²) < 4.78 is 10.2. The van der Waals surface area contributed by atoms with Crippen molar-refractivity contribution in [2.75, 3.05) is 0 Å². The summed E-state index contributed by atoms with van der Waals surface area (Å²) in [5.41, 5.74) is 0.740. The first-order chi connectivity index (χ1) is 6.07. The van der Waals surface area contributed by atoms with Crippen LogP contribution in [-0.2, 0) is 5.41 Å². The Kier molecular flexibility index (Phi) is 1.78. The molecule has 1 aliphatic carbocycles. The Morgan fingerprint density at radius 3 is 2.54 bits per heavy atom. The standard InChI is InChI=1S/C9H14N2O2/c1-9(2,3)7-8(11-13-10-7)12-6-4-5-6/h6H,4-5H2,1-3H3. The smallest absolute Gasteiger partial charge is 0.279 e. The van der Waals surface area contributed by atoms with Gasteiger partial charge in [-0.15, -0.1) is 0 Å². The first-order valence-electron chi connectivity index (χ1n) is 4.57. The van der Waals surface area contributed by atoms with Crippen molar-refractivity contribution in [3.63, 3.8) is 0 Å². The monoisotopic (exact) mass is 182 g/mol. The van der Waals surface area contributed by atoms with Crippen molar-refractivity contribution in [3.8, 4) is 5.88 Å². The van der Waals surface area contributed by atoms with Gasteiger partial charge in [0.2, 0.25) is 0 Å². The minimum atomic E-state index is -0.0653. The minimum absolute atomic E-state index is 0.0653. The molecule has 0 unspecified atom stereocenters. The Labute approximate surface area is 77.2 Å². The minimum Gasteiger partial charge on any atom is -0.471 e. The van der Waals surface area contributed by atoms with Crippen LogP contribution >= 0.6 is 0 Å². The fraction of sp³-hybridized carbons (Fsp3) is 0.778. The zero-order valence-corrected chi connectivity index (χ0v) is 8.20. The molecule has 0 aromatic carbocycles. The fourth-order valence-corrected chi connectivity index (χ4v) is 1.06. The van der Waals surface area contributed by atoms with Crippen LogP contribution in [0.5, 0.6) is 5.88 Å². The van der Waals surface area contributed by atoms with Crippen molar-refractivity contribution in [2.45, 2.75) is 45.1 Å². The molecule has 13 heavy (non-hydrogen) atoms. The van der Waals surface area contributed by atoms with E-state index in [9.17, 15) is 0 Å². The van der Waals surface area contributed by atoms with E-state index < -0.39 is 0 Å². The maximum absolute atomic E-state index is 5.56. The largest absolute Gasteiger partial charge is 0.471 e. The van der Waals surface area contributed by atoms with E-state index >= 15 is 0 Å². The lowest BCUT2D eigenvalue weighted by Crippen LogP contribution is -2.14. The van der Waals surface area contributed by atoms with E-state index in [0.717, 1.165) is 18.5 Å². The number of ether oxygens (including phenoxy) is 1. The molecule has 0 amide bonds. The molecule has 4 nitrogen and oxygen atoms in total. The third kappa shape index (κ3) is 1.82. The van der Waals surface area contributed by atoms with E-state index in [4.69, 9.17) is 4.74 Å². The van der Waals surface area contributed by atoms with Crippen molar-refractivity contribution in [1.29, 1.82) is 0 Å². The van der Waals surface area contributed by atoms with Gasteiger partial charge < -0.3 is 4.74 Å². The highest BCUT2D eigenvalue weighted by Crippen LogP contribution is 2.32. The number of hydrogen-bond donors (Lipinski definition) is 0. The number of nitrogens with zero attached hydrogens (tertiary/aromatic N) is 2. The van der Waals surface area contributed by atoms with Gasteiger partial charge >= 0.3 is 0 Å². The summed E-state index contributed by atoms with van der Waals surface area (Å²) in [6, 6.07) is 0. The van der Waals surface area contributed by atoms with E-state index in [-0.39, 0.29) is 5.41 Å². The van der Waals surface area contributed by atoms with Gasteiger partial charge in [-0.25, -0.2) is 4.63 Å². The van der Waals surface area contributed by atoms with Gasteiger partial charge in [-0.1, -0.05) is 25.9 Å². The van der Waals surface area contributed by atoms with Crippen molar-refractivity contribution in [3.05, 3.63) is 5.69 Å². The number of rotatable bonds is 2. The second-order valence-corrected chi connectivity index (χ2v) is 4.49. The highest BCUT2D eigenvalue weighted by Gasteiger charge is 2.30. The van der Waals surface area contributed by atoms with Crippen LogP contribution in [0, 0.1) is 0 Å². The molecular weight excluding hydrogens is 168 g/mol. The molecule has 0 N–H and O–H groups in total. The van der Waals surface area contributed by atoms with E-state index in [2.05, 4.69) is 35.7 Å². The predicted molar refractivity (Wildman–Crippen MR) is 46.6 cm³/mol. The first kappa shape index (κ1) is 8.53. The van der Waals surface area contributed by atoms with Crippen molar-refractivity contribution < 1.29 is 9.37 Å². The molecule has 0 atom stereocenters. The van der Waals surface area contributed by atoms with Crippen LogP contribution in [0.3, 0.4) is 0 Å². The Morgan fingerprint density at radius 2 is 2.00 bits per heavy atom. The van der Waals surface area contributed by atoms with Crippen LogP contribution in [0.4, 0.5) is 0 Å². The van der Waals surface area contributed by atoms with Gasteiger partial charge in [-0.2, -0.15) is 0 Å². The van der Waals surface area contributed by atoms with Gasteiger partial charge in [0.15, 0.2) is 5.69 Å². The lowest BCUT2D eigenvalue weighted by atomic mass is 9.93. The van der Waals surface area contributed by atoms with Crippen LogP contribution in [0.1, 0.15) is 39.3 Å². The van der Waals surface area contributed by atoms with Gasteiger partial charge in [0.25, 0.3) is 5.88 Å². The molecule has 1 aliphatic rings. The quantitative estimate of drug-likeness (QED) is 0.701. The normalized spacial score (nSPS) is 17.5. The molecule has 1 heterocycles. The van der Waals surface area contributed by atoms with Crippen LogP contribution in [0.25, 0.3) is 0 Å². The first-order valence-corrected chi connectivity index (χ1v) is 4.57. The summed E-state index contributed by atoms with van der Waals surface area (Å²) in [6.45, 7) is 6.19. The molecule has 0 bridgehead atoms. The Hall–Kier alpha value is -1.06.